The molecule has 0 atom stereocenters. The first kappa shape index (κ1) is 10.5. The zero-order valence-electron chi connectivity index (χ0n) is 9.59. The van der Waals surface area contributed by atoms with Gasteiger partial charge in [0.25, 0.3) is 0 Å². The van der Waals surface area contributed by atoms with Gasteiger partial charge in [-0.2, -0.15) is 5.26 Å². The summed E-state index contributed by atoms with van der Waals surface area (Å²) < 4.78 is 0. The quantitative estimate of drug-likeness (QED) is 0.639. The normalized spacial score (nSPS) is 10.2. The third-order valence-corrected chi connectivity index (χ3v) is 2.90. The Labute approximate surface area is 105 Å². The van der Waals surface area contributed by atoms with Crippen molar-refractivity contribution in [3.8, 4) is 17.2 Å². The lowest BCUT2D eigenvalue weighted by Gasteiger charge is -2.03. The summed E-state index contributed by atoms with van der Waals surface area (Å²) in [6.45, 7) is 0. The molecule has 1 aromatic heterocycles. The van der Waals surface area contributed by atoms with E-state index < -0.39 is 0 Å². The van der Waals surface area contributed by atoms with E-state index in [0.29, 0.717) is 5.69 Å². The van der Waals surface area contributed by atoms with Crippen molar-refractivity contribution in [2.24, 2.45) is 0 Å². The molecule has 1 heterocycles. The molecule has 0 fully saturated rings. The monoisotopic (exact) mass is 229 g/mol. The van der Waals surface area contributed by atoms with E-state index in [1.54, 1.807) is 12.3 Å². The Morgan fingerprint density at radius 3 is 2.67 bits per heavy atom. The number of benzene rings is 2. The molecule has 18 heavy (non-hydrogen) atoms. The lowest BCUT2D eigenvalue weighted by Crippen LogP contribution is -1.84. The molecule has 0 aliphatic rings. The molecule has 2 heteroatoms. The first-order valence-corrected chi connectivity index (χ1v) is 5.63. The van der Waals surface area contributed by atoms with Gasteiger partial charge in [-0.1, -0.05) is 24.3 Å². The van der Waals surface area contributed by atoms with Crippen LogP contribution >= 0.6 is 0 Å². The van der Waals surface area contributed by atoms with Gasteiger partial charge in [0.05, 0.1) is 0 Å². The molecule has 0 N–H and O–H groups in total. The number of nitriles is 1. The van der Waals surface area contributed by atoms with Gasteiger partial charge in [0.15, 0.2) is 0 Å². The van der Waals surface area contributed by atoms with Crippen molar-refractivity contribution in [3.05, 3.63) is 66.5 Å². The highest BCUT2D eigenvalue weighted by Crippen LogP contribution is 2.23. The lowest BCUT2D eigenvalue weighted by atomic mass is 10.0. The fourth-order valence-corrected chi connectivity index (χ4v) is 1.94. The Balaban J connectivity index is 2.10. The summed E-state index contributed by atoms with van der Waals surface area (Å²) >= 11 is 0. The van der Waals surface area contributed by atoms with Crippen molar-refractivity contribution in [3.63, 3.8) is 0 Å². The summed E-state index contributed by atoms with van der Waals surface area (Å²) in [5, 5.41) is 11.1. The molecule has 0 amide bonds. The van der Waals surface area contributed by atoms with Crippen LogP contribution in [-0.2, 0) is 0 Å². The number of fused-ring (bicyclic) bond motifs is 1. The summed E-state index contributed by atoms with van der Waals surface area (Å²) in [6.07, 6.45) is 1.73. The van der Waals surface area contributed by atoms with Crippen molar-refractivity contribution in [1.29, 1.82) is 5.26 Å². The van der Waals surface area contributed by atoms with Gasteiger partial charge in [-0.3, -0.25) is 0 Å². The molecule has 0 saturated carbocycles. The Kier molecular flexibility index (Phi) is 2.51. The van der Waals surface area contributed by atoms with Crippen LogP contribution in [0.3, 0.4) is 0 Å². The number of hydrogen-bond donors (Lipinski definition) is 0. The number of nitrogens with zero attached hydrogens (tertiary/aromatic N) is 2. The second-order valence-corrected chi connectivity index (χ2v) is 4.03. The SMILES string of the molecule is N#Cc1ccc(-c2ccc3cc[c]cc3c2)cn1. The van der Waals surface area contributed by atoms with Crippen LogP contribution < -0.4 is 0 Å². The molecule has 3 rings (SSSR count). The third kappa shape index (κ3) is 1.83. The Morgan fingerprint density at radius 1 is 1.00 bits per heavy atom. The van der Waals surface area contributed by atoms with Gasteiger partial charge in [0.2, 0.25) is 0 Å². The van der Waals surface area contributed by atoms with Crippen LogP contribution in [0, 0.1) is 17.4 Å². The zero-order chi connectivity index (χ0) is 12.4. The van der Waals surface area contributed by atoms with Gasteiger partial charge in [-0.25, -0.2) is 4.98 Å². The van der Waals surface area contributed by atoms with E-state index in [4.69, 9.17) is 5.26 Å². The minimum Gasteiger partial charge on any atom is -0.245 e. The second kappa shape index (κ2) is 4.31. The number of hydrogen-bond acceptors (Lipinski definition) is 2. The van der Waals surface area contributed by atoms with E-state index in [2.05, 4.69) is 29.2 Å². The largest absolute Gasteiger partial charge is 0.245 e. The van der Waals surface area contributed by atoms with E-state index in [1.807, 2.05) is 30.3 Å². The number of rotatable bonds is 1. The maximum absolute atomic E-state index is 8.72. The minimum atomic E-state index is 0.438. The van der Waals surface area contributed by atoms with E-state index in [9.17, 15) is 0 Å². The molecule has 1 radical (unpaired) electrons. The fraction of sp³-hybridized carbons (Fsp3) is 0. The molecular formula is C16H9N2. The molecular weight excluding hydrogens is 220 g/mol. The fourth-order valence-electron chi connectivity index (χ4n) is 1.94. The predicted octanol–water partition coefficient (Wildman–Crippen LogP) is 3.57. The Hall–Kier alpha value is -2.66. The van der Waals surface area contributed by atoms with Crippen LogP contribution in [0.5, 0.6) is 0 Å². The Bertz CT molecular complexity index is 737. The summed E-state index contributed by atoms with van der Waals surface area (Å²) in [7, 11) is 0. The van der Waals surface area contributed by atoms with Crippen molar-refractivity contribution >= 4 is 10.8 Å². The summed E-state index contributed by atoms with van der Waals surface area (Å²) in [5.74, 6) is 0. The van der Waals surface area contributed by atoms with Crippen LogP contribution in [0.4, 0.5) is 0 Å². The molecule has 0 spiro atoms. The maximum Gasteiger partial charge on any atom is 0.140 e. The van der Waals surface area contributed by atoms with Crippen LogP contribution in [0.1, 0.15) is 5.69 Å². The topological polar surface area (TPSA) is 36.7 Å². The summed E-state index contributed by atoms with van der Waals surface area (Å²) in [5.41, 5.74) is 2.55. The van der Waals surface area contributed by atoms with Crippen molar-refractivity contribution in [1.82, 2.24) is 4.98 Å². The van der Waals surface area contributed by atoms with Crippen LogP contribution in [0.25, 0.3) is 21.9 Å². The summed E-state index contributed by atoms with van der Waals surface area (Å²) in [4.78, 5) is 4.08. The second-order valence-electron chi connectivity index (χ2n) is 4.03. The van der Waals surface area contributed by atoms with Crippen LogP contribution in [-0.4, -0.2) is 4.98 Å². The average Bonchev–Trinajstić information content (AvgIpc) is 2.47. The smallest absolute Gasteiger partial charge is 0.140 e. The maximum atomic E-state index is 8.72. The molecule has 2 nitrogen and oxygen atoms in total. The van der Waals surface area contributed by atoms with Gasteiger partial charge in [0.1, 0.15) is 11.8 Å². The minimum absolute atomic E-state index is 0.438. The van der Waals surface area contributed by atoms with E-state index in [0.717, 1.165) is 16.5 Å². The number of aromatic nitrogens is 1. The third-order valence-electron chi connectivity index (χ3n) is 2.90. The highest BCUT2D eigenvalue weighted by Gasteiger charge is 2.00. The first-order valence-electron chi connectivity index (χ1n) is 5.63. The zero-order valence-corrected chi connectivity index (χ0v) is 9.59. The van der Waals surface area contributed by atoms with Gasteiger partial charge in [0, 0.05) is 11.8 Å². The first-order chi connectivity index (χ1) is 8.86. The highest BCUT2D eigenvalue weighted by atomic mass is 14.7. The van der Waals surface area contributed by atoms with Crippen molar-refractivity contribution in [2.45, 2.75) is 0 Å². The van der Waals surface area contributed by atoms with Gasteiger partial charge < -0.3 is 0 Å². The van der Waals surface area contributed by atoms with E-state index in [-0.39, 0.29) is 0 Å². The van der Waals surface area contributed by atoms with Crippen molar-refractivity contribution in [2.75, 3.05) is 0 Å². The van der Waals surface area contributed by atoms with Gasteiger partial charge in [-0.15, -0.1) is 0 Å². The van der Waals surface area contributed by atoms with Gasteiger partial charge in [-0.05, 0) is 46.7 Å². The average molecular weight is 229 g/mol. The van der Waals surface area contributed by atoms with Crippen LogP contribution in [0.15, 0.2) is 54.7 Å². The highest BCUT2D eigenvalue weighted by molar-refractivity contribution is 5.87. The lowest BCUT2D eigenvalue weighted by molar-refractivity contribution is 1.27. The molecule has 3 aromatic rings. The van der Waals surface area contributed by atoms with E-state index in [1.165, 1.54) is 5.39 Å². The molecule has 0 aliphatic carbocycles. The molecule has 0 bridgehead atoms. The molecule has 0 aliphatic heterocycles. The predicted molar refractivity (Wildman–Crippen MR) is 70.7 cm³/mol. The van der Waals surface area contributed by atoms with E-state index >= 15 is 0 Å². The molecule has 2 aromatic carbocycles. The van der Waals surface area contributed by atoms with Gasteiger partial charge >= 0.3 is 0 Å². The van der Waals surface area contributed by atoms with Crippen LogP contribution in [0.2, 0.25) is 0 Å². The summed E-state index contributed by atoms with van der Waals surface area (Å²) in [6, 6.07) is 20.9. The Morgan fingerprint density at radius 2 is 1.89 bits per heavy atom. The standard InChI is InChI=1S/C16H9N2/c17-10-16-8-7-15(11-18-16)14-6-5-12-3-1-2-4-13(12)9-14/h1,3-9,11H. The molecule has 83 valence electrons. The molecule has 0 saturated heterocycles. The number of pyridine rings is 1. The molecule has 0 unspecified atom stereocenters. The van der Waals surface area contributed by atoms with Crippen molar-refractivity contribution < 1.29 is 0 Å².